The second-order valence-electron chi connectivity index (χ2n) is 7.72. The van der Waals surface area contributed by atoms with Crippen molar-refractivity contribution in [2.45, 2.75) is 26.2 Å². The number of benzene rings is 1. The van der Waals surface area contributed by atoms with Crippen LogP contribution in [0.1, 0.15) is 24.8 Å². The van der Waals surface area contributed by atoms with Crippen LogP contribution >= 0.6 is 0 Å². The molecule has 0 unspecified atom stereocenters. The first-order chi connectivity index (χ1) is 13.2. The van der Waals surface area contributed by atoms with E-state index in [1.165, 1.54) is 6.07 Å². The van der Waals surface area contributed by atoms with E-state index in [1.54, 1.807) is 12.3 Å². The Balaban J connectivity index is 1.44. The van der Waals surface area contributed by atoms with E-state index < -0.39 is 0 Å². The molecule has 6 nitrogen and oxygen atoms in total. The molecule has 2 fully saturated rings. The molecule has 0 amide bonds. The number of aromatic nitrogens is 4. The smallest absolute Gasteiger partial charge is 0.202 e. The van der Waals surface area contributed by atoms with Crippen LogP contribution in [0.25, 0.3) is 22.4 Å². The number of fused-ring (bicyclic) bond motifs is 1. The van der Waals surface area contributed by atoms with Gasteiger partial charge in [-0.15, -0.1) is 0 Å². The normalized spacial score (nSPS) is 19.3. The van der Waals surface area contributed by atoms with Gasteiger partial charge >= 0.3 is 0 Å². The van der Waals surface area contributed by atoms with Gasteiger partial charge in [-0.25, -0.2) is 14.4 Å². The molecule has 2 aliphatic heterocycles. The number of aryl methyl sites for hydroxylation is 1. The molecule has 0 radical (unpaired) electrons. The first-order valence-corrected chi connectivity index (χ1v) is 9.45. The topological polar surface area (TPSA) is 66.9 Å². The zero-order valence-corrected chi connectivity index (χ0v) is 15.3. The summed E-state index contributed by atoms with van der Waals surface area (Å²) in [4.78, 5) is 11.5. The van der Waals surface area contributed by atoms with E-state index in [4.69, 9.17) is 4.74 Å². The van der Waals surface area contributed by atoms with Gasteiger partial charge < -0.3 is 9.64 Å². The number of H-pyrrole nitrogens is 1. The van der Waals surface area contributed by atoms with Gasteiger partial charge in [0.1, 0.15) is 17.2 Å². The van der Waals surface area contributed by atoms with Crippen LogP contribution in [0.15, 0.2) is 24.4 Å². The van der Waals surface area contributed by atoms with Crippen molar-refractivity contribution in [2.75, 3.05) is 31.2 Å². The Kier molecular flexibility index (Phi) is 3.86. The van der Waals surface area contributed by atoms with Crippen molar-refractivity contribution < 1.29 is 9.13 Å². The molecule has 2 aromatic heterocycles. The van der Waals surface area contributed by atoms with E-state index in [1.807, 2.05) is 13.0 Å². The van der Waals surface area contributed by atoms with Crippen molar-refractivity contribution in [1.82, 2.24) is 20.2 Å². The summed E-state index contributed by atoms with van der Waals surface area (Å²) in [7, 11) is 0. The number of halogens is 1. The maximum Gasteiger partial charge on any atom is 0.202 e. The molecule has 2 saturated heterocycles. The molecular formula is C20H22FN5O. The second-order valence-corrected chi connectivity index (χ2v) is 7.72. The molecular weight excluding hydrogens is 345 g/mol. The van der Waals surface area contributed by atoms with Crippen LogP contribution < -0.4 is 4.90 Å². The number of nitrogens with one attached hydrogen (secondary N) is 1. The molecule has 5 rings (SSSR count). The first-order valence-electron chi connectivity index (χ1n) is 9.45. The summed E-state index contributed by atoms with van der Waals surface area (Å²) in [6, 6.07) is 5.03. The van der Waals surface area contributed by atoms with E-state index in [0.717, 1.165) is 56.9 Å². The Morgan fingerprint density at radius 2 is 2.07 bits per heavy atom. The maximum absolute atomic E-state index is 14.3. The first kappa shape index (κ1) is 16.6. The van der Waals surface area contributed by atoms with Gasteiger partial charge in [0, 0.05) is 25.3 Å². The van der Waals surface area contributed by atoms with Crippen LogP contribution in [-0.2, 0) is 4.74 Å². The SMILES string of the molecule is Cc1cccc(F)c1-c1[nH]nc2nc(N3CCC4(CCOC4)CC3)cnc12. The highest BCUT2D eigenvalue weighted by Gasteiger charge is 2.38. The highest BCUT2D eigenvalue weighted by molar-refractivity contribution is 5.89. The Hall–Kier alpha value is -2.54. The molecule has 0 atom stereocenters. The minimum absolute atomic E-state index is 0.286. The van der Waals surface area contributed by atoms with E-state index in [9.17, 15) is 4.39 Å². The van der Waals surface area contributed by atoms with E-state index >= 15 is 0 Å². The predicted molar refractivity (Wildman–Crippen MR) is 101 cm³/mol. The number of hydrogen-bond acceptors (Lipinski definition) is 5. The lowest BCUT2D eigenvalue weighted by atomic mass is 9.78. The molecule has 3 aromatic rings. The average Bonchev–Trinajstić information content (AvgIpc) is 3.30. The zero-order chi connectivity index (χ0) is 18.4. The van der Waals surface area contributed by atoms with Gasteiger partial charge in [0.25, 0.3) is 0 Å². The minimum Gasteiger partial charge on any atom is -0.381 e. The molecule has 1 spiro atoms. The molecule has 27 heavy (non-hydrogen) atoms. The molecule has 0 aliphatic carbocycles. The van der Waals surface area contributed by atoms with Gasteiger partial charge in [0.15, 0.2) is 0 Å². The zero-order valence-electron chi connectivity index (χ0n) is 15.3. The molecule has 0 bridgehead atoms. The summed E-state index contributed by atoms with van der Waals surface area (Å²) in [6.45, 7) is 5.55. The van der Waals surface area contributed by atoms with Crippen LogP contribution in [0.3, 0.4) is 0 Å². The third-order valence-corrected chi connectivity index (χ3v) is 6.06. The molecule has 7 heteroatoms. The summed E-state index contributed by atoms with van der Waals surface area (Å²) < 4.78 is 20.0. The number of ether oxygens (including phenoxy) is 1. The Bertz CT molecular complexity index is 965. The van der Waals surface area contributed by atoms with Crippen LogP contribution in [0.4, 0.5) is 10.2 Å². The highest BCUT2D eigenvalue weighted by atomic mass is 19.1. The van der Waals surface area contributed by atoms with Gasteiger partial charge in [-0.1, -0.05) is 12.1 Å². The third-order valence-electron chi connectivity index (χ3n) is 6.06. The van der Waals surface area contributed by atoms with Crippen LogP contribution in [0, 0.1) is 18.2 Å². The van der Waals surface area contributed by atoms with Gasteiger partial charge in [-0.3, -0.25) is 5.10 Å². The summed E-state index contributed by atoms with van der Waals surface area (Å²) in [5.74, 6) is 0.547. The number of rotatable bonds is 2. The van der Waals surface area contributed by atoms with Gasteiger partial charge in [0.05, 0.1) is 18.5 Å². The standard InChI is InChI=1S/C20H22FN5O/c1-13-3-2-4-14(21)16(13)17-18-19(25-24-17)23-15(11-22-18)26-8-5-20(6-9-26)7-10-27-12-20/h2-4,11H,5-10,12H2,1H3,(H,23,24,25). The lowest BCUT2D eigenvalue weighted by molar-refractivity contribution is 0.133. The van der Waals surface area contributed by atoms with Crippen LogP contribution in [0.2, 0.25) is 0 Å². The quantitative estimate of drug-likeness (QED) is 0.751. The Morgan fingerprint density at radius 3 is 2.81 bits per heavy atom. The number of hydrogen-bond donors (Lipinski definition) is 1. The van der Waals surface area contributed by atoms with Gasteiger partial charge in [-0.05, 0) is 43.2 Å². The minimum atomic E-state index is -0.286. The monoisotopic (exact) mass is 367 g/mol. The van der Waals surface area contributed by atoms with Gasteiger partial charge in [0.2, 0.25) is 5.65 Å². The third kappa shape index (κ3) is 2.77. The van der Waals surface area contributed by atoms with Crippen LogP contribution in [0.5, 0.6) is 0 Å². The van der Waals surface area contributed by atoms with E-state index in [0.29, 0.717) is 27.8 Å². The maximum atomic E-state index is 14.3. The average molecular weight is 367 g/mol. The lowest BCUT2D eigenvalue weighted by Crippen LogP contribution is -2.40. The summed E-state index contributed by atoms with van der Waals surface area (Å²) >= 11 is 0. The summed E-state index contributed by atoms with van der Waals surface area (Å²) in [6.07, 6.45) is 5.18. The van der Waals surface area contributed by atoms with Crippen molar-refractivity contribution in [2.24, 2.45) is 5.41 Å². The fraction of sp³-hybridized carbons (Fsp3) is 0.450. The summed E-state index contributed by atoms with van der Waals surface area (Å²) in [5, 5.41) is 7.22. The van der Waals surface area contributed by atoms with Gasteiger partial charge in [-0.2, -0.15) is 5.10 Å². The van der Waals surface area contributed by atoms with Crippen molar-refractivity contribution >= 4 is 17.0 Å². The fourth-order valence-corrected chi connectivity index (χ4v) is 4.32. The fourth-order valence-electron chi connectivity index (χ4n) is 4.32. The van der Waals surface area contributed by atoms with Crippen LogP contribution in [-0.4, -0.2) is 46.5 Å². The molecule has 4 heterocycles. The number of piperidine rings is 1. The number of anilines is 1. The second kappa shape index (κ2) is 6.27. The van der Waals surface area contributed by atoms with Crippen molar-refractivity contribution in [3.05, 3.63) is 35.8 Å². The number of aromatic amines is 1. The number of nitrogens with zero attached hydrogens (tertiary/aromatic N) is 4. The summed E-state index contributed by atoms with van der Waals surface area (Å²) in [5.41, 5.74) is 3.41. The van der Waals surface area contributed by atoms with Crippen molar-refractivity contribution in [3.8, 4) is 11.3 Å². The highest BCUT2D eigenvalue weighted by Crippen LogP contribution is 2.40. The Labute approximate surface area is 156 Å². The molecule has 1 N–H and O–H groups in total. The van der Waals surface area contributed by atoms with E-state index in [-0.39, 0.29) is 5.82 Å². The Morgan fingerprint density at radius 1 is 1.22 bits per heavy atom. The largest absolute Gasteiger partial charge is 0.381 e. The molecule has 140 valence electrons. The van der Waals surface area contributed by atoms with Crippen molar-refractivity contribution in [1.29, 1.82) is 0 Å². The molecule has 0 saturated carbocycles. The molecule has 1 aromatic carbocycles. The molecule has 2 aliphatic rings. The van der Waals surface area contributed by atoms with Crippen molar-refractivity contribution in [3.63, 3.8) is 0 Å². The van der Waals surface area contributed by atoms with E-state index in [2.05, 4.69) is 25.1 Å². The predicted octanol–water partition coefficient (Wildman–Crippen LogP) is 3.47. The lowest BCUT2D eigenvalue weighted by Gasteiger charge is -2.38.